The van der Waals surface area contributed by atoms with E-state index in [9.17, 15) is 13.6 Å². The lowest BCUT2D eigenvalue weighted by Gasteiger charge is -2.11. The summed E-state index contributed by atoms with van der Waals surface area (Å²) in [4.78, 5) is 13.1. The molecule has 6 heteroatoms. The molecule has 0 saturated heterocycles. The molecule has 2 rings (SSSR count). The van der Waals surface area contributed by atoms with Crippen molar-refractivity contribution in [1.82, 2.24) is 0 Å². The normalized spacial score (nSPS) is 10.3. The summed E-state index contributed by atoms with van der Waals surface area (Å²) in [5.74, 6) is -1.66. The molecule has 1 amide bonds. The molecule has 0 spiro atoms. The maximum absolute atomic E-state index is 13.5. The lowest BCUT2D eigenvalue weighted by molar-refractivity contribution is 0.102. The predicted octanol–water partition coefficient (Wildman–Crippen LogP) is 3.95. The molecular formula is C15H13F2NO2S. The van der Waals surface area contributed by atoms with Gasteiger partial charge in [-0.1, -0.05) is 0 Å². The van der Waals surface area contributed by atoms with Gasteiger partial charge in [0.05, 0.1) is 18.4 Å². The standard InChI is InChI=1S/C15H13F2NO2S/c1-20-14-8-10(21-2)4-5-11(14)15(19)18-13-6-3-9(16)7-12(13)17/h3-8H,1-2H3,(H,18,19). The first kappa shape index (κ1) is 15.3. The summed E-state index contributed by atoms with van der Waals surface area (Å²) >= 11 is 1.51. The lowest BCUT2D eigenvalue weighted by Crippen LogP contribution is -2.14. The Morgan fingerprint density at radius 3 is 2.57 bits per heavy atom. The van der Waals surface area contributed by atoms with Crippen molar-refractivity contribution in [3.05, 3.63) is 53.6 Å². The van der Waals surface area contributed by atoms with Crippen LogP contribution in [0.5, 0.6) is 5.75 Å². The third-order valence-electron chi connectivity index (χ3n) is 2.83. The Hall–Kier alpha value is -2.08. The zero-order valence-electron chi connectivity index (χ0n) is 11.4. The van der Waals surface area contributed by atoms with Crippen molar-refractivity contribution in [2.24, 2.45) is 0 Å². The van der Waals surface area contributed by atoms with Crippen LogP contribution in [-0.2, 0) is 0 Å². The molecule has 0 saturated carbocycles. The van der Waals surface area contributed by atoms with Crippen LogP contribution in [0.3, 0.4) is 0 Å². The molecule has 2 aromatic carbocycles. The average molecular weight is 309 g/mol. The van der Waals surface area contributed by atoms with Crippen LogP contribution in [0.25, 0.3) is 0 Å². The second-order valence-electron chi connectivity index (χ2n) is 4.14. The fourth-order valence-electron chi connectivity index (χ4n) is 1.77. The molecule has 3 nitrogen and oxygen atoms in total. The number of halogens is 2. The van der Waals surface area contributed by atoms with E-state index in [0.717, 1.165) is 11.0 Å². The highest BCUT2D eigenvalue weighted by Crippen LogP contribution is 2.26. The number of benzene rings is 2. The van der Waals surface area contributed by atoms with E-state index in [-0.39, 0.29) is 11.3 Å². The second-order valence-corrected chi connectivity index (χ2v) is 5.02. The Bertz CT molecular complexity index is 677. The molecule has 0 unspecified atom stereocenters. The first-order valence-electron chi connectivity index (χ1n) is 6.03. The molecule has 1 N–H and O–H groups in total. The summed E-state index contributed by atoms with van der Waals surface area (Å²) in [5, 5.41) is 2.40. The van der Waals surface area contributed by atoms with Gasteiger partial charge in [-0.05, 0) is 36.6 Å². The molecule has 2 aromatic rings. The molecule has 0 atom stereocenters. The monoisotopic (exact) mass is 309 g/mol. The SMILES string of the molecule is COc1cc(SC)ccc1C(=O)Nc1ccc(F)cc1F. The van der Waals surface area contributed by atoms with Crippen molar-refractivity contribution in [1.29, 1.82) is 0 Å². The van der Waals surface area contributed by atoms with E-state index < -0.39 is 17.5 Å². The van der Waals surface area contributed by atoms with Gasteiger partial charge in [-0.2, -0.15) is 0 Å². The third-order valence-corrected chi connectivity index (χ3v) is 3.56. The van der Waals surface area contributed by atoms with Gasteiger partial charge in [0, 0.05) is 11.0 Å². The Balaban J connectivity index is 2.28. The van der Waals surface area contributed by atoms with E-state index in [2.05, 4.69) is 5.32 Å². The number of hydrogen-bond donors (Lipinski definition) is 1. The number of anilines is 1. The zero-order chi connectivity index (χ0) is 15.4. The summed E-state index contributed by atoms with van der Waals surface area (Å²) in [7, 11) is 1.45. The van der Waals surface area contributed by atoms with Gasteiger partial charge in [0.2, 0.25) is 0 Å². The van der Waals surface area contributed by atoms with E-state index in [1.54, 1.807) is 18.2 Å². The van der Waals surface area contributed by atoms with Gasteiger partial charge in [0.15, 0.2) is 0 Å². The van der Waals surface area contributed by atoms with Crippen LogP contribution >= 0.6 is 11.8 Å². The summed E-state index contributed by atoms with van der Waals surface area (Å²) in [6.45, 7) is 0. The Morgan fingerprint density at radius 2 is 1.95 bits per heavy atom. The number of ether oxygens (including phenoxy) is 1. The van der Waals surface area contributed by atoms with E-state index in [1.807, 2.05) is 6.26 Å². The van der Waals surface area contributed by atoms with Gasteiger partial charge in [0.25, 0.3) is 5.91 Å². The largest absolute Gasteiger partial charge is 0.496 e. The Labute approximate surface area is 125 Å². The van der Waals surface area contributed by atoms with Crippen molar-refractivity contribution in [3.63, 3.8) is 0 Å². The van der Waals surface area contributed by atoms with Crippen molar-refractivity contribution in [2.45, 2.75) is 4.90 Å². The average Bonchev–Trinajstić information content (AvgIpc) is 2.49. The molecule has 0 bridgehead atoms. The minimum atomic E-state index is -0.831. The number of methoxy groups -OCH3 is 1. The van der Waals surface area contributed by atoms with Crippen molar-refractivity contribution in [2.75, 3.05) is 18.7 Å². The van der Waals surface area contributed by atoms with E-state index in [0.29, 0.717) is 11.8 Å². The van der Waals surface area contributed by atoms with Crippen molar-refractivity contribution < 1.29 is 18.3 Å². The van der Waals surface area contributed by atoms with Gasteiger partial charge in [-0.3, -0.25) is 4.79 Å². The van der Waals surface area contributed by atoms with Crippen LogP contribution in [-0.4, -0.2) is 19.3 Å². The maximum atomic E-state index is 13.5. The minimum Gasteiger partial charge on any atom is -0.496 e. The fourth-order valence-corrected chi connectivity index (χ4v) is 2.20. The highest BCUT2D eigenvalue weighted by Gasteiger charge is 2.15. The maximum Gasteiger partial charge on any atom is 0.259 e. The third kappa shape index (κ3) is 3.52. The van der Waals surface area contributed by atoms with Crippen LogP contribution in [0.2, 0.25) is 0 Å². The number of carbonyl (C=O) groups is 1. The van der Waals surface area contributed by atoms with Gasteiger partial charge in [-0.25, -0.2) is 8.78 Å². The summed E-state index contributed by atoms with van der Waals surface area (Å²) in [6.07, 6.45) is 1.91. The van der Waals surface area contributed by atoms with Crippen LogP contribution in [0.1, 0.15) is 10.4 Å². The zero-order valence-corrected chi connectivity index (χ0v) is 12.3. The summed E-state index contributed by atoms with van der Waals surface area (Å²) in [5.41, 5.74) is 0.191. The first-order chi connectivity index (χ1) is 10.0. The summed E-state index contributed by atoms with van der Waals surface area (Å²) in [6, 6.07) is 8.05. The number of hydrogen-bond acceptors (Lipinski definition) is 3. The van der Waals surface area contributed by atoms with Gasteiger partial charge >= 0.3 is 0 Å². The minimum absolute atomic E-state index is 0.0857. The van der Waals surface area contributed by atoms with E-state index in [4.69, 9.17) is 4.74 Å². The molecule has 0 aliphatic rings. The summed E-state index contributed by atoms with van der Waals surface area (Å²) < 4.78 is 31.5. The Morgan fingerprint density at radius 1 is 1.19 bits per heavy atom. The smallest absolute Gasteiger partial charge is 0.259 e. The number of amides is 1. The predicted molar refractivity (Wildman–Crippen MR) is 79.1 cm³/mol. The number of rotatable bonds is 4. The molecule has 0 radical (unpaired) electrons. The molecule has 0 fully saturated rings. The number of carbonyl (C=O) groups excluding carboxylic acids is 1. The topological polar surface area (TPSA) is 38.3 Å². The van der Waals surface area contributed by atoms with Crippen LogP contribution in [0.4, 0.5) is 14.5 Å². The first-order valence-corrected chi connectivity index (χ1v) is 7.26. The van der Waals surface area contributed by atoms with Gasteiger partial charge < -0.3 is 10.1 Å². The molecule has 0 aromatic heterocycles. The van der Waals surface area contributed by atoms with Crippen molar-refractivity contribution >= 4 is 23.4 Å². The van der Waals surface area contributed by atoms with E-state index >= 15 is 0 Å². The van der Waals surface area contributed by atoms with E-state index in [1.165, 1.54) is 24.9 Å². The lowest BCUT2D eigenvalue weighted by atomic mass is 10.1. The number of nitrogens with one attached hydrogen (secondary N) is 1. The molecule has 21 heavy (non-hydrogen) atoms. The molecule has 0 heterocycles. The molecule has 0 aliphatic carbocycles. The number of thioether (sulfide) groups is 1. The van der Waals surface area contributed by atoms with Crippen LogP contribution < -0.4 is 10.1 Å². The van der Waals surface area contributed by atoms with Crippen LogP contribution in [0, 0.1) is 11.6 Å². The van der Waals surface area contributed by atoms with Gasteiger partial charge in [-0.15, -0.1) is 11.8 Å². The van der Waals surface area contributed by atoms with Crippen LogP contribution in [0.15, 0.2) is 41.3 Å². The molecular weight excluding hydrogens is 296 g/mol. The van der Waals surface area contributed by atoms with Gasteiger partial charge in [0.1, 0.15) is 17.4 Å². The second kappa shape index (κ2) is 6.58. The highest BCUT2D eigenvalue weighted by molar-refractivity contribution is 7.98. The quantitative estimate of drug-likeness (QED) is 0.869. The fraction of sp³-hybridized carbons (Fsp3) is 0.133. The van der Waals surface area contributed by atoms with Crippen molar-refractivity contribution in [3.8, 4) is 5.75 Å². The molecule has 0 aliphatic heterocycles. The Kier molecular flexibility index (Phi) is 4.80. The highest BCUT2D eigenvalue weighted by atomic mass is 32.2. The molecule has 110 valence electrons.